The molecule has 2 nitrogen and oxygen atoms in total. The summed E-state index contributed by atoms with van der Waals surface area (Å²) in [6.07, 6.45) is -2.39. The number of halogens is 4. The Bertz CT molecular complexity index is 460. The van der Waals surface area contributed by atoms with E-state index in [1.807, 2.05) is 0 Å². The minimum atomic E-state index is -4.42. The first-order chi connectivity index (χ1) is 8.79. The summed E-state index contributed by atoms with van der Waals surface area (Å²) in [5.41, 5.74) is 5.44. The van der Waals surface area contributed by atoms with Crippen molar-refractivity contribution in [3.63, 3.8) is 0 Å². The van der Waals surface area contributed by atoms with Gasteiger partial charge in [-0.05, 0) is 42.5 Å². The highest BCUT2D eigenvalue weighted by molar-refractivity contribution is 9.10. The molecule has 106 valence electrons. The molecular formula is C13H15BrF3NO. The first-order valence-electron chi connectivity index (χ1n) is 6.10. The molecule has 1 aliphatic carbocycles. The number of aliphatic hydroxyl groups excluding tert-OH is 1. The molecule has 0 amide bonds. The van der Waals surface area contributed by atoms with E-state index >= 15 is 0 Å². The zero-order chi connectivity index (χ0) is 14.2. The van der Waals surface area contributed by atoms with Gasteiger partial charge in [-0.25, -0.2) is 0 Å². The van der Waals surface area contributed by atoms with Crippen LogP contribution in [0.15, 0.2) is 22.7 Å². The van der Waals surface area contributed by atoms with Crippen LogP contribution in [0.2, 0.25) is 0 Å². The second-order valence-electron chi connectivity index (χ2n) is 4.98. The number of hydrogen-bond donors (Lipinski definition) is 2. The number of nitrogens with two attached hydrogens (primary N) is 1. The Balaban J connectivity index is 2.25. The van der Waals surface area contributed by atoms with Crippen LogP contribution in [-0.2, 0) is 6.18 Å². The Kier molecular flexibility index (Phi) is 4.23. The molecule has 0 spiro atoms. The average molecular weight is 338 g/mol. The third-order valence-electron chi connectivity index (χ3n) is 3.63. The summed E-state index contributed by atoms with van der Waals surface area (Å²) in [4.78, 5) is 0. The molecule has 2 rings (SSSR count). The van der Waals surface area contributed by atoms with Gasteiger partial charge in [-0.2, -0.15) is 13.2 Å². The van der Waals surface area contributed by atoms with Crippen LogP contribution in [0.25, 0.3) is 0 Å². The molecule has 0 saturated heterocycles. The van der Waals surface area contributed by atoms with Gasteiger partial charge in [0.2, 0.25) is 0 Å². The van der Waals surface area contributed by atoms with Gasteiger partial charge in [0, 0.05) is 4.47 Å². The average Bonchev–Trinajstić information content (AvgIpc) is 2.23. The largest absolute Gasteiger partial charge is 0.416 e. The molecule has 0 aliphatic heterocycles. The predicted octanol–water partition coefficient (Wildman–Crippen LogP) is 3.63. The van der Waals surface area contributed by atoms with E-state index in [0.717, 1.165) is 31.4 Å². The van der Waals surface area contributed by atoms with Crippen molar-refractivity contribution in [3.8, 4) is 0 Å². The van der Waals surface area contributed by atoms with Crippen molar-refractivity contribution < 1.29 is 18.3 Å². The van der Waals surface area contributed by atoms with Crippen LogP contribution in [0.3, 0.4) is 0 Å². The molecule has 19 heavy (non-hydrogen) atoms. The molecule has 0 heterocycles. The fraction of sp³-hybridized carbons (Fsp3) is 0.538. The lowest BCUT2D eigenvalue weighted by molar-refractivity contribution is -0.137. The van der Waals surface area contributed by atoms with Gasteiger partial charge >= 0.3 is 6.18 Å². The standard InChI is InChI=1S/C13H15BrF3NO/c14-10-5-8(4-9(6-10)13(15,16)17)11(18)12(19)7-2-1-3-7/h4-7,11-12,19H,1-3,18H2/t11-,12+/m1/s1. The lowest BCUT2D eigenvalue weighted by atomic mass is 9.77. The zero-order valence-electron chi connectivity index (χ0n) is 10.1. The van der Waals surface area contributed by atoms with Gasteiger partial charge in [0.25, 0.3) is 0 Å². The van der Waals surface area contributed by atoms with Gasteiger partial charge < -0.3 is 10.8 Å². The van der Waals surface area contributed by atoms with Crippen LogP contribution in [0.4, 0.5) is 13.2 Å². The van der Waals surface area contributed by atoms with E-state index in [9.17, 15) is 18.3 Å². The second kappa shape index (κ2) is 5.42. The van der Waals surface area contributed by atoms with Crippen molar-refractivity contribution in [2.24, 2.45) is 11.7 Å². The Hall–Kier alpha value is -0.590. The maximum atomic E-state index is 12.7. The summed E-state index contributed by atoms with van der Waals surface area (Å²) in [6.45, 7) is 0. The topological polar surface area (TPSA) is 46.2 Å². The first kappa shape index (κ1) is 14.8. The Morgan fingerprint density at radius 1 is 1.26 bits per heavy atom. The molecular weight excluding hydrogens is 323 g/mol. The molecule has 1 aromatic carbocycles. The molecule has 1 saturated carbocycles. The molecule has 1 aliphatic rings. The van der Waals surface area contributed by atoms with E-state index in [1.165, 1.54) is 6.07 Å². The van der Waals surface area contributed by atoms with Crippen molar-refractivity contribution in [3.05, 3.63) is 33.8 Å². The predicted molar refractivity (Wildman–Crippen MR) is 69.4 cm³/mol. The maximum Gasteiger partial charge on any atom is 0.416 e. The van der Waals surface area contributed by atoms with E-state index in [4.69, 9.17) is 5.73 Å². The monoisotopic (exact) mass is 337 g/mol. The van der Waals surface area contributed by atoms with E-state index < -0.39 is 23.9 Å². The van der Waals surface area contributed by atoms with Gasteiger partial charge in [0.15, 0.2) is 0 Å². The van der Waals surface area contributed by atoms with Gasteiger partial charge in [-0.3, -0.25) is 0 Å². The van der Waals surface area contributed by atoms with Gasteiger partial charge in [0.05, 0.1) is 17.7 Å². The van der Waals surface area contributed by atoms with Crippen LogP contribution < -0.4 is 5.73 Å². The van der Waals surface area contributed by atoms with Crippen LogP contribution in [-0.4, -0.2) is 11.2 Å². The molecule has 2 atom stereocenters. The van der Waals surface area contributed by atoms with E-state index in [-0.39, 0.29) is 5.92 Å². The number of benzene rings is 1. The quantitative estimate of drug-likeness (QED) is 0.884. The molecule has 0 unspecified atom stereocenters. The molecule has 0 aromatic heterocycles. The third kappa shape index (κ3) is 3.30. The minimum absolute atomic E-state index is 0.100. The van der Waals surface area contributed by atoms with Crippen molar-refractivity contribution in [1.29, 1.82) is 0 Å². The van der Waals surface area contributed by atoms with Gasteiger partial charge in [-0.15, -0.1) is 0 Å². The summed E-state index contributed by atoms with van der Waals surface area (Å²) in [7, 11) is 0. The summed E-state index contributed by atoms with van der Waals surface area (Å²) in [6, 6.07) is 2.76. The Morgan fingerprint density at radius 3 is 2.37 bits per heavy atom. The molecule has 3 N–H and O–H groups in total. The van der Waals surface area contributed by atoms with Crippen LogP contribution in [0.1, 0.15) is 36.4 Å². The normalized spacial score (nSPS) is 19.9. The van der Waals surface area contributed by atoms with Crippen molar-refractivity contribution >= 4 is 15.9 Å². The van der Waals surface area contributed by atoms with Gasteiger partial charge in [-0.1, -0.05) is 22.4 Å². The summed E-state index contributed by atoms with van der Waals surface area (Å²) >= 11 is 3.05. The van der Waals surface area contributed by atoms with Crippen LogP contribution >= 0.6 is 15.9 Å². The summed E-state index contributed by atoms with van der Waals surface area (Å²) < 4.78 is 38.5. The van der Waals surface area contributed by atoms with Crippen LogP contribution in [0, 0.1) is 5.92 Å². The lowest BCUT2D eigenvalue weighted by Crippen LogP contribution is -2.36. The molecule has 6 heteroatoms. The van der Waals surface area contributed by atoms with E-state index in [2.05, 4.69) is 15.9 Å². The smallest absolute Gasteiger partial charge is 0.391 e. The molecule has 1 aromatic rings. The fourth-order valence-corrected chi connectivity index (χ4v) is 2.75. The Labute approximate surface area is 117 Å². The fourth-order valence-electron chi connectivity index (χ4n) is 2.24. The number of aliphatic hydroxyl groups is 1. The summed E-state index contributed by atoms with van der Waals surface area (Å²) in [5, 5.41) is 10.1. The lowest BCUT2D eigenvalue weighted by Gasteiger charge is -2.34. The van der Waals surface area contributed by atoms with E-state index in [1.54, 1.807) is 0 Å². The SMILES string of the molecule is N[C@H](c1cc(Br)cc(C(F)(F)F)c1)[C@@H](O)C1CCC1. The number of hydrogen-bond acceptors (Lipinski definition) is 2. The van der Waals surface area contributed by atoms with E-state index in [0.29, 0.717) is 10.0 Å². The third-order valence-corrected chi connectivity index (χ3v) is 4.09. The summed E-state index contributed by atoms with van der Waals surface area (Å²) in [5.74, 6) is 0.100. The maximum absolute atomic E-state index is 12.7. The highest BCUT2D eigenvalue weighted by Gasteiger charge is 2.34. The van der Waals surface area contributed by atoms with Crippen molar-refractivity contribution in [2.45, 2.75) is 37.6 Å². The first-order valence-corrected chi connectivity index (χ1v) is 6.89. The minimum Gasteiger partial charge on any atom is -0.391 e. The van der Waals surface area contributed by atoms with Gasteiger partial charge in [0.1, 0.15) is 0 Å². The number of rotatable bonds is 3. The highest BCUT2D eigenvalue weighted by atomic mass is 79.9. The van der Waals surface area contributed by atoms with Crippen molar-refractivity contribution in [1.82, 2.24) is 0 Å². The zero-order valence-corrected chi connectivity index (χ0v) is 11.7. The molecule has 1 fully saturated rings. The van der Waals surface area contributed by atoms with Crippen LogP contribution in [0.5, 0.6) is 0 Å². The Morgan fingerprint density at radius 2 is 1.89 bits per heavy atom. The second-order valence-corrected chi connectivity index (χ2v) is 5.89. The number of alkyl halides is 3. The van der Waals surface area contributed by atoms with Crippen molar-refractivity contribution in [2.75, 3.05) is 0 Å². The molecule has 0 bridgehead atoms. The highest BCUT2D eigenvalue weighted by Crippen LogP contribution is 2.37. The molecule has 0 radical (unpaired) electrons.